The van der Waals surface area contributed by atoms with Gasteiger partial charge in [0.25, 0.3) is 5.56 Å². The Morgan fingerprint density at radius 2 is 1.83 bits per heavy atom. The molecule has 1 aromatic heterocycles. The van der Waals surface area contributed by atoms with Crippen molar-refractivity contribution < 1.29 is 9.53 Å². The number of aryl methyl sites for hydroxylation is 1. The summed E-state index contributed by atoms with van der Waals surface area (Å²) in [5.41, 5.74) is 2.50. The van der Waals surface area contributed by atoms with Crippen LogP contribution in [0.15, 0.2) is 41.2 Å². The molecule has 5 heteroatoms. The van der Waals surface area contributed by atoms with E-state index in [0.29, 0.717) is 12.1 Å². The molecule has 0 amide bonds. The number of rotatable bonds is 6. The van der Waals surface area contributed by atoms with E-state index < -0.39 is 12.0 Å². The van der Waals surface area contributed by atoms with Gasteiger partial charge in [-0.1, -0.05) is 38.1 Å². The standard InChI is InChI=1S/C18H22N2O3/c1-4-13-7-9-14(10-8-13)15-11-12-17(21)20(19-15)16(5-2)18(22)23-6-3/h7-12,16H,4-6H2,1-3H3/t16-/m0/s1. The summed E-state index contributed by atoms with van der Waals surface area (Å²) in [5.74, 6) is -0.428. The van der Waals surface area contributed by atoms with Crippen LogP contribution in [0.25, 0.3) is 11.3 Å². The van der Waals surface area contributed by atoms with Gasteiger partial charge in [-0.2, -0.15) is 5.10 Å². The van der Waals surface area contributed by atoms with Gasteiger partial charge < -0.3 is 4.74 Å². The second-order valence-electron chi connectivity index (χ2n) is 5.23. The van der Waals surface area contributed by atoms with Gasteiger partial charge in [0.1, 0.15) is 0 Å². The third-order valence-corrected chi connectivity index (χ3v) is 3.72. The van der Waals surface area contributed by atoms with E-state index in [-0.39, 0.29) is 12.2 Å². The summed E-state index contributed by atoms with van der Waals surface area (Å²) >= 11 is 0. The van der Waals surface area contributed by atoms with Gasteiger partial charge in [-0.15, -0.1) is 0 Å². The van der Waals surface area contributed by atoms with Crippen LogP contribution in [0.5, 0.6) is 0 Å². The zero-order valence-electron chi connectivity index (χ0n) is 13.8. The quantitative estimate of drug-likeness (QED) is 0.769. The number of hydrogen-bond acceptors (Lipinski definition) is 4. The minimum atomic E-state index is -0.697. The van der Waals surface area contributed by atoms with E-state index in [1.807, 2.05) is 31.2 Å². The fourth-order valence-electron chi connectivity index (χ4n) is 2.39. The predicted molar refractivity (Wildman–Crippen MR) is 89.3 cm³/mol. The van der Waals surface area contributed by atoms with Crippen LogP contribution in [0.3, 0.4) is 0 Å². The maximum Gasteiger partial charge on any atom is 0.331 e. The van der Waals surface area contributed by atoms with Crippen LogP contribution in [0.1, 0.15) is 38.8 Å². The highest BCUT2D eigenvalue weighted by Gasteiger charge is 2.22. The lowest BCUT2D eigenvalue weighted by atomic mass is 10.1. The fraction of sp³-hybridized carbons (Fsp3) is 0.389. The molecule has 0 saturated heterocycles. The molecule has 1 heterocycles. The first-order valence-electron chi connectivity index (χ1n) is 7.96. The normalized spacial score (nSPS) is 12.0. The van der Waals surface area contributed by atoms with Crippen LogP contribution < -0.4 is 5.56 Å². The van der Waals surface area contributed by atoms with Gasteiger partial charge in [0.05, 0.1) is 12.3 Å². The number of nitrogens with zero attached hydrogens (tertiary/aromatic N) is 2. The number of hydrogen-bond donors (Lipinski definition) is 0. The van der Waals surface area contributed by atoms with Gasteiger partial charge in [-0.25, -0.2) is 9.48 Å². The summed E-state index contributed by atoms with van der Waals surface area (Å²) in [4.78, 5) is 24.1. The Morgan fingerprint density at radius 1 is 1.13 bits per heavy atom. The molecule has 0 unspecified atom stereocenters. The summed E-state index contributed by atoms with van der Waals surface area (Å²) in [6.45, 7) is 5.95. The highest BCUT2D eigenvalue weighted by molar-refractivity contribution is 5.74. The molecule has 2 aromatic rings. The largest absolute Gasteiger partial charge is 0.464 e. The topological polar surface area (TPSA) is 61.2 Å². The van der Waals surface area contributed by atoms with Crippen molar-refractivity contribution in [3.05, 3.63) is 52.3 Å². The third kappa shape index (κ3) is 3.86. The van der Waals surface area contributed by atoms with Gasteiger partial charge in [-0.05, 0) is 31.4 Å². The lowest BCUT2D eigenvalue weighted by Gasteiger charge is -2.16. The molecule has 0 aliphatic carbocycles. The highest BCUT2D eigenvalue weighted by Crippen LogP contribution is 2.18. The van der Waals surface area contributed by atoms with Crippen molar-refractivity contribution >= 4 is 5.97 Å². The summed E-state index contributed by atoms with van der Waals surface area (Å²) in [7, 11) is 0. The molecule has 0 N–H and O–H groups in total. The van der Waals surface area contributed by atoms with Crippen LogP contribution in [-0.4, -0.2) is 22.4 Å². The summed E-state index contributed by atoms with van der Waals surface area (Å²) in [6, 6.07) is 10.4. The first-order chi connectivity index (χ1) is 11.1. The number of esters is 1. The number of carbonyl (C=O) groups excluding carboxylic acids is 1. The monoisotopic (exact) mass is 314 g/mol. The predicted octanol–water partition coefficient (Wildman–Crippen LogP) is 2.99. The van der Waals surface area contributed by atoms with E-state index in [1.165, 1.54) is 16.3 Å². The molecule has 0 aliphatic heterocycles. The first-order valence-corrected chi connectivity index (χ1v) is 7.96. The van der Waals surface area contributed by atoms with E-state index in [4.69, 9.17) is 4.74 Å². The molecule has 0 radical (unpaired) electrons. The lowest BCUT2D eigenvalue weighted by molar-refractivity contribution is -0.147. The van der Waals surface area contributed by atoms with Gasteiger partial charge in [0, 0.05) is 11.6 Å². The molecule has 0 aliphatic rings. The maximum atomic E-state index is 12.1. The fourth-order valence-corrected chi connectivity index (χ4v) is 2.39. The van der Waals surface area contributed by atoms with E-state index in [2.05, 4.69) is 12.0 Å². The molecular weight excluding hydrogens is 292 g/mol. The van der Waals surface area contributed by atoms with Crippen LogP contribution in [-0.2, 0) is 16.0 Å². The Kier molecular flexibility index (Phi) is 5.68. The smallest absolute Gasteiger partial charge is 0.331 e. The summed E-state index contributed by atoms with van der Waals surface area (Å²) < 4.78 is 6.26. The zero-order chi connectivity index (χ0) is 16.8. The van der Waals surface area contributed by atoms with E-state index in [9.17, 15) is 9.59 Å². The Balaban J connectivity index is 2.41. The molecule has 1 aromatic carbocycles. The van der Waals surface area contributed by atoms with Gasteiger partial charge in [0.2, 0.25) is 0 Å². The SMILES string of the molecule is CCOC(=O)[C@H](CC)n1nc(-c2ccc(CC)cc2)ccc1=O. The zero-order valence-corrected chi connectivity index (χ0v) is 13.8. The molecule has 23 heavy (non-hydrogen) atoms. The van der Waals surface area contributed by atoms with Crippen molar-refractivity contribution in [3.8, 4) is 11.3 Å². The third-order valence-electron chi connectivity index (χ3n) is 3.72. The minimum absolute atomic E-state index is 0.280. The average molecular weight is 314 g/mol. The van der Waals surface area contributed by atoms with E-state index >= 15 is 0 Å². The number of benzene rings is 1. The molecule has 0 spiro atoms. The summed E-state index contributed by atoms with van der Waals surface area (Å²) in [5, 5.41) is 4.38. The van der Waals surface area contributed by atoms with Crippen molar-refractivity contribution in [2.45, 2.75) is 39.7 Å². The van der Waals surface area contributed by atoms with Crippen molar-refractivity contribution in [3.63, 3.8) is 0 Å². The van der Waals surface area contributed by atoms with Gasteiger partial charge in [-0.3, -0.25) is 4.79 Å². The Morgan fingerprint density at radius 3 is 2.39 bits per heavy atom. The molecule has 5 nitrogen and oxygen atoms in total. The Bertz CT molecular complexity index is 720. The lowest BCUT2D eigenvalue weighted by Crippen LogP contribution is -2.32. The summed E-state index contributed by atoms with van der Waals surface area (Å²) in [6.07, 6.45) is 1.41. The van der Waals surface area contributed by atoms with Crippen LogP contribution in [0, 0.1) is 0 Å². The maximum absolute atomic E-state index is 12.1. The van der Waals surface area contributed by atoms with Crippen molar-refractivity contribution in [2.24, 2.45) is 0 Å². The van der Waals surface area contributed by atoms with Crippen molar-refractivity contribution in [1.82, 2.24) is 9.78 Å². The number of aromatic nitrogens is 2. The molecule has 0 bridgehead atoms. The van der Waals surface area contributed by atoms with Gasteiger partial charge >= 0.3 is 5.97 Å². The number of ether oxygens (including phenoxy) is 1. The average Bonchev–Trinajstić information content (AvgIpc) is 2.57. The molecule has 0 saturated carbocycles. The Labute approximate surface area is 135 Å². The van der Waals surface area contributed by atoms with Gasteiger partial charge in [0.15, 0.2) is 6.04 Å². The van der Waals surface area contributed by atoms with Crippen LogP contribution >= 0.6 is 0 Å². The highest BCUT2D eigenvalue weighted by atomic mass is 16.5. The Hall–Kier alpha value is -2.43. The van der Waals surface area contributed by atoms with Crippen LogP contribution in [0.4, 0.5) is 0 Å². The second-order valence-corrected chi connectivity index (χ2v) is 5.23. The second kappa shape index (κ2) is 7.72. The van der Waals surface area contributed by atoms with Crippen molar-refractivity contribution in [1.29, 1.82) is 0 Å². The molecule has 0 fully saturated rings. The molecule has 1 atom stereocenters. The van der Waals surface area contributed by atoms with E-state index in [0.717, 1.165) is 12.0 Å². The van der Waals surface area contributed by atoms with Crippen molar-refractivity contribution in [2.75, 3.05) is 6.61 Å². The molecule has 122 valence electrons. The molecular formula is C18H22N2O3. The number of carbonyl (C=O) groups is 1. The minimum Gasteiger partial charge on any atom is -0.464 e. The van der Waals surface area contributed by atoms with Crippen LogP contribution in [0.2, 0.25) is 0 Å². The first kappa shape index (κ1) is 16.9. The van der Waals surface area contributed by atoms with E-state index in [1.54, 1.807) is 13.0 Å². The molecule has 2 rings (SSSR count).